The SMILES string of the molecule is NC(=O)c1ccc(Cl)c(NS(=O)(=O)c2cc(Cl)cc(Cl)c2)c1. The Morgan fingerprint density at radius 3 is 2.14 bits per heavy atom. The van der Waals surface area contributed by atoms with Crippen LogP contribution in [0.25, 0.3) is 0 Å². The molecule has 0 atom stereocenters. The lowest BCUT2D eigenvalue weighted by molar-refractivity contribution is 0.100. The molecule has 0 aromatic heterocycles. The van der Waals surface area contributed by atoms with Crippen molar-refractivity contribution in [2.75, 3.05) is 4.72 Å². The predicted molar refractivity (Wildman–Crippen MR) is 87.2 cm³/mol. The van der Waals surface area contributed by atoms with E-state index in [1.165, 1.54) is 36.4 Å². The van der Waals surface area contributed by atoms with Gasteiger partial charge in [-0.25, -0.2) is 8.42 Å². The lowest BCUT2D eigenvalue weighted by Gasteiger charge is -2.11. The second kappa shape index (κ2) is 6.34. The van der Waals surface area contributed by atoms with Crippen molar-refractivity contribution in [3.63, 3.8) is 0 Å². The summed E-state index contributed by atoms with van der Waals surface area (Å²) >= 11 is 17.5. The molecule has 3 N–H and O–H groups in total. The number of amides is 1. The second-order valence-corrected chi connectivity index (χ2v) is 7.23. The third-order valence-electron chi connectivity index (χ3n) is 2.64. The van der Waals surface area contributed by atoms with Gasteiger partial charge in [-0.1, -0.05) is 34.8 Å². The van der Waals surface area contributed by atoms with Crippen molar-refractivity contribution in [2.24, 2.45) is 5.73 Å². The lowest BCUT2D eigenvalue weighted by atomic mass is 10.2. The van der Waals surface area contributed by atoms with Gasteiger partial charge in [0.2, 0.25) is 5.91 Å². The maximum absolute atomic E-state index is 12.3. The summed E-state index contributed by atoms with van der Waals surface area (Å²) in [5.74, 6) is -0.706. The molecule has 0 aliphatic carbocycles. The van der Waals surface area contributed by atoms with E-state index in [1.807, 2.05) is 0 Å². The van der Waals surface area contributed by atoms with Crippen molar-refractivity contribution in [2.45, 2.75) is 4.90 Å². The topological polar surface area (TPSA) is 89.3 Å². The van der Waals surface area contributed by atoms with Crippen LogP contribution < -0.4 is 10.5 Å². The van der Waals surface area contributed by atoms with Crippen molar-refractivity contribution in [1.29, 1.82) is 0 Å². The van der Waals surface area contributed by atoms with E-state index in [0.29, 0.717) is 0 Å². The summed E-state index contributed by atoms with van der Waals surface area (Å²) < 4.78 is 26.9. The number of anilines is 1. The number of carbonyl (C=O) groups is 1. The van der Waals surface area contributed by atoms with Crippen molar-refractivity contribution < 1.29 is 13.2 Å². The van der Waals surface area contributed by atoms with Gasteiger partial charge >= 0.3 is 0 Å². The van der Waals surface area contributed by atoms with Crippen molar-refractivity contribution in [1.82, 2.24) is 0 Å². The van der Waals surface area contributed by atoms with Crippen LogP contribution in [-0.4, -0.2) is 14.3 Å². The van der Waals surface area contributed by atoms with Crippen molar-refractivity contribution in [3.05, 3.63) is 57.0 Å². The van der Waals surface area contributed by atoms with E-state index < -0.39 is 15.9 Å². The fourth-order valence-electron chi connectivity index (χ4n) is 1.64. The number of carbonyl (C=O) groups excluding carboxylic acids is 1. The summed E-state index contributed by atoms with van der Waals surface area (Å²) in [6.45, 7) is 0. The van der Waals surface area contributed by atoms with Gasteiger partial charge in [-0.2, -0.15) is 0 Å². The van der Waals surface area contributed by atoms with Gasteiger partial charge in [0.15, 0.2) is 0 Å². The van der Waals surface area contributed by atoms with Gasteiger partial charge in [0.25, 0.3) is 10.0 Å². The van der Waals surface area contributed by atoms with E-state index in [0.717, 1.165) is 0 Å². The van der Waals surface area contributed by atoms with Crippen LogP contribution in [0.2, 0.25) is 15.1 Å². The standard InChI is InChI=1S/C13H9Cl3N2O3S/c14-8-4-9(15)6-10(5-8)22(20,21)18-12-3-7(13(17)19)1-2-11(12)16/h1-6,18H,(H2,17,19). The highest BCUT2D eigenvalue weighted by Gasteiger charge is 2.18. The van der Waals surface area contributed by atoms with Crippen LogP contribution in [0.5, 0.6) is 0 Å². The Bertz CT molecular complexity index is 833. The van der Waals surface area contributed by atoms with Crippen LogP contribution >= 0.6 is 34.8 Å². The first-order valence-electron chi connectivity index (χ1n) is 5.77. The average molecular weight is 380 g/mol. The molecule has 0 heterocycles. The molecule has 0 aliphatic heterocycles. The molecule has 2 aromatic rings. The number of rotatable bonds is 4. The van der Waals surface area contributed by atoms with Crippen LogP contribution in [0.1, 0.15) is 10.4 Å². The summed E-state index contributed by atoms with van der Waals surface area (Å²) in [6.07, 6.45) is 0. The molecule has 0 bridgehead atoms. The molecular formula is C13H9Cl3N2O3S. The van der Waals surface area contributed by atoms with Gasteiger partial charge in [-0.3, -0.25) is 9.52 Å². The number of sulfonamides is 1. The zero-order valence-electron chi connectivity index (χ0n) is 10.8. The molecular weight excluding hydrogens is 371 g/mol. The quantitative estimate of drug-likeness (QED) is 0.851. The Morgan fingerprint density at radius 2 is 1.59 bits per heavy atom. The third kappa shape index (κ3) is 3.84. The average Bonchev–Trinajstić information content (AvgIpc) is 2.39. The number of primary amides is 1. The predicted octanol–water partition coefficient (Wildman–Crippen LogP) is 3.55. The molecule has 0 fully saturated rings. The van der Waals surface area contributed by atoms with Gasteiger partial charge in [-0.15, -0.1) is 0 Å². The lowest BCUT2D eigenvalue weighted by Crippen LogP contribution is -2.15. The van der Waals surface area contributed by atoms with E-state index in [9.17, 15) is 13.2 Å². The molecule has 0 spiro atoms. The number of hydrogen-bond donors (Lipinski definition) is 2. The van der Waals surface area contributed by atoms with E-state index in [4.69, 9.17) is 40.5 Å². The summed E-state index contributed by atoms with van der Waals surface area (Å²) in [5, 5.41) is 0.455. The number of hydrogen-bond acceptors (Lipinski definition) is 3. The van der Waals surface area contributed by atoms with Crippen molar-refractivity contribution in [3.8, 4) is 0 Å². The smallest absolute Gasteiger partial charge is 0.262 e. The Kier molecular flexibility index (Phi) is 4.87. The van der Waals surface area contributed by atoms with Crippen LogP contribution in [0, 0.1) is 0 Å². The minimum absolute atomic E-state index is 0.0223. The minimum atomic E-state index is -3.98. The molecule has 0 aliphatic rings. The van der Waals surface area contributed by atoms with E-state index in [-0.39, 0.29) is 31.2 Å². The van der Waals surface area contributed by atoms with E-state index in [2.05, 4.69) is 4.72 Å². The highest BCUT2D eigenvalue weighted by atomic mass is 35.5. The summed E-state index contributed by atoms with van der Waals surface area (Å²) in [4.78, 5) is 11.0. The first-order chi connectivity index (χ1) is 10.2. The zero-order chi connectivity index (χ0) is 16.5. The Hall–Kier alpha value is -1.47. The Labute approximate surface area is 142 Å². The molecule has 0 saturated heterocycles. The minimum Gasteiger partial charge on any atom is -0.366 e. The van der Waals surface area contributed by atoms with E-state index >= 15 is 0 Å². The molecule has 5 nitrogen and oxygen atoms in total. The van der Waals surface area contributed by atoms with Gasteiger partial charge in [0.1, 0.15) is 0 Å². The van der Waals surface area contributed by atoms with Gasteiger partial charge in [0.05, 0.1) is 15.6 Å². The first kappa shape index (κ1) is 16.9. The molecule has 0 saturated carbocycles. The molecule has 9 heteroatoms. The third-order valence-corrected chi connectivity index (χ3v) is 4.75. The summed E-state index contributed by atoms with van der Waals surface area (Å²) in [7, 11) is -3.98. The normalized spacial score (nSPS) is 11.2. The maximum atomic E-state index is 12.3. The first-order valence-corrected chi connectivity index (χ1v) is 8.39. The number of nitrogens with one attached hydrogen (secondary N) is 1. The van der Waals surface area contributed by atoms with E-state index in [1.54, 1.807) is 0 Å². The monoisotopic (exact) mass is 378 g/mol. The van der Waals surface area contributed by atoms with Crippen LogP contribution in [0.4, 0.5) is 5.69 Å². The van der Waals surface area contributed by atoms with Crippen molar-refractivity contribution >= 4 is 56.4 Å². The van der Waals surface area contributed by atoms with Crippen LogP contribution in [-0.2, 0) is 10.0 Å². The summed E-state index contributed by atoms with van der Waals surface area (Å²) in [6, 6.07) is 7.88. The zero-order valence-corrected chi connectivity index (χ0v) is 13.9. The fraction of sp³-hybridized carbons (Fsp3) is 0. The number of nitrogens with two attached hydrogens (primary N) is 1. The largest absolute Gasteiger partial charge is 0.366 e. The number of halogens is 3. The summed E-state index contributed by atoms with van der Waals surface area (Å²) in [5.41, 5.74) is 5.29. The molecule has 116 valence electrons. The highest BCUT2D eigenvalue weighted by molar-refractivity contribution is 7.92. The molecule has 1 amide bonds. The van der Waals surface area contributed by atoms with Crippen LogP contribution in [0.3, 0.4) is 0 Å². The van der Waals surface area contributed by atoms with Gasteiger partial charge in [-0.05, 0) is 36.4 Å². The molecule has 22 heavy (non-hydrogen) atoms. The maximum Gasteiger partial charge on any atom is 0.262 e. The molecule has 0 radical (unpaired) electrons. The molecule has 0 unspecified atom stereocenters. The fourth-order valence-corrected chi connectivity index (χ4v) is 3.66. The van der Waals surface area contributed by atoms with Crippen LogP contribution in [0.15, 0.2) is 41.3 Å². The second-order valence-electron chi connectivity index (χ2n) is 4.27. The number of benzene rings is 2. The highest BCUT2D eigenvalue weighted by Crippen LogP contribution is 2.28. The molecule has 2 rings (SSSR count). The Morgan fingerprint density at radius 1 is 1.00 bits per heavy atom. The van der Waals surface area contributed by atoms with Gasteiger partial charge < -0.3 is 5.73 Å². The van der Waals surface area contributed by atoms with Gasteiger partial charge in [0, 0.05) is 15.6 Å². The molecule has 2 aromatic carbocycles. The Balaban J connectivity index is 2.44.